The van der Waals surface area contributed by atoms with Crippen LogP contribution in [0.3, 0.4) is 0 Å². The highest BCUT2D eigenvalue weighted by molar-refractivity contribution is 9.11. The molecule has 5 heteroatoms. The lowest BCUT2D eigenvalue weighted by Gasteiger charge is -1.92. The number of halogens is 1. The second-order valence-corrected chi connectivity index (χ2v) is 5.95. The predicted molar refractivity (Wildman–Crippen MR) is 62.2 cm³/mol. The number of hydrogen-bond acceptors (Lipinski definition) is 4. The largest absolute Gasteiger partial charge is 0.292 e. The van der Waals surface area contributed by atoms with Crippen LogP contribution in [0, 0.1) is 0 Å². The van der Waals surface area contributed by atoms with Gasteiger partial charge in [0.25, 0.3) is 0 Å². The minimum absolute atomic E-state index is 0.0839. The van der Waals surface area contributed by atoms with E-state index in [0.29, 0.717) is 12.1 Å². The third-order valence-electron chi connectivity index (χ3n) is 1.68. The highest BCUT2D eigenvalue weighted by Gasteiger charge is 2.09. The Balaban J connectivity index is 2.09. The van der Waals surface area contributed by atoms with Crippen LogP contribution in [0.2, 0.25) is 0 Å². The number of Topliss-reactive ketones (excluding diaryl/α,β-unsaturated/α-hetero) is 1. The quantitative estimate of drug-likeness (QED) is 0.810. The molecule has 2 rings (SSSR count). The molecule has 14 heavy (non-hydrogen) atoms. The van der Waals surface area contributed by atoms with Crippen molar-refractivity contribution in [2.75, 3.05) is 0 Å². The molecule has 0 radical (unpaired) electrons. The van der Waals surface area contributed by atoms with E-state index in [1.54, 1.807) is 22.2 Å². The Morgan fingerprint density at radius 3 is 2.93 bits per heavy atom. The van der Waals surface area contributed by atoms with E-state index in [1.165, 1.54) is 11.3 Å². The summed E-state index contributed by atoms with van der Waals surface area (Å²) < 4.78 is 1.05. The first kappa shape index (κ1) is 10.0. The van der Waals surface area contributed by atoms with E-state index in [-0.39, 0.29) is 5.78 Å². The van der Waals surface area contributed by atoms with Crippen LogP contribution < -0.4 is 0 Å². The van der Waals surface area contributed by atoms with E-state index in [4.69, 9.17) is 0 Å². The van der Waals surface area contributed by atoms with Crippen molar-refractivity contribution in [2.45, 2.75) is 6.42 Å². The second kappa shape index (κ2) is 4.33. The molecule has 0 saturated carbocycles. The fourth-order valence-corrected chi connectivity index (χ4v) is 3.08. The van der Waals surface area contributed by atoms with Gasteiger partial charge in [0.1, 0.15) is 5.69 Å². The molecule has 2 heterocycles. The van der Waals surface area contributed by atoms with E-state index in [1.807, 2.05) is 12.1 Å². The smallest absolute Gasteiger partial charge is 0.187 e. The van der Waals surface area contributed by atoms with E-state index in [2.05, 4.69) is 20.9 Å². The summed E-state index contributed by atoms with van der Waals surface area (Å²) in [5, 5.41) is 1.78. The van der Waals surface area contributed by atoms with Gasteiger partial charge in [0, 0.05) is 16.7 Å². The minimum Gasteiger partial charge on any atom is -0.292 e. The average molecular weight is 288 g/mol. The Morgan fingerprint density at radius 1 is 1.50 bits per heavy atom. The molecule has 0 aliphatic heterocycles. The van der Waals surface area contributed by atoms with Crippen LogP contribution in [-0.2, 0) is 6.42 Å². The number of thiazole rings is 1. The van der Waals surface area contributed by atoms with Crippen LogP contribution in [0.15, 0.2) is 26.8 Å². The average Bonchev–Trinajstić information content (AvgIpc) is 2.75. The monoisotopic (exact) mass is 287 g/mol. The minimum atomic E-state index is 0.0839. The van der Waals surface area contributed by atoms with Crippen LogP contribution >= 0.6 is 38.6 Å². The van der Waals surface area contributed by atoms with Gasteiger partial charge in [-0.1, -0.05) is 0 Å². The molecule has 0 aromatic carbocycles. The SMILES string of the molecule is O=C(Cc1ccc(Br)s1)c1cscn1. The van der Waals surface area contributed by atoms with E-state index in [0.717, 1.165) is 8.66 Å². The van der Waals surface area contributed by atoms with Crippen LogP contribution in [0.4, 0.5) is 0 Å². The second-order valence-electron chi connectivity index (χ2n) is 2.68. The molecule has 0 amide bonds. The van der Waals surface area contributed by atoms with Crippen molar-refractivity contribution in [3.8, 4) is 0 Å². The van der Waals surface area contributed by atoms with Crippen molar-refractivity contribution in [3.05, 3.63) is 37.4 Å². The zero-order chi connectivity index (χ0) is 9.97. The molecule has 0 spiro atoms. The maximum Gasteiger partial charge on any atom is 0.187 e. The van der Waals surface area contributed by atoms with Crippen molar-refractivity contribution in [1.82, 2.24) is 4.98 Å². The summed E-state index contributed by atoms with van der Waals surface area (Å²) in [5.74, 6) is 0.0839. The molecule has 0 bridgehead atoms. The Kier molecular flexibility index (Phi) is 3.10. The topological polar surface area (TPSA) is 30.0 Å². The van der Waals surface area contributed by atoms with E-state index in [9.17, 15) is 4.79 Å². The van der Waals surface area contributed by atoms with E-state index < -0.39 is 0 Å². The molecule has 2 aromatic rings. The lowest BCUT2D eigenvalue weighted by atomic mass is 10.2. The molecule has 0 aliphatic carbocycles. The number of thiophene rings is 1. The molecule has 0 atom stereocenters. The van der Waals surface area contributed by atoms with Crippen molar-refractivity contribution in [3.63, 3.8) is 0 Å². The first-order valence-corrected chi connectivity index (χ1v) is 6.46. The molecular weight excluding hydrogens is 282 g/mol. The van der Waals surface area contributed by atoms with Gasteiger partial charge in [-0.25, -0.2) is 4.98 Å². The summed E-state index contributed by atoms with van der Waals surface area (Å²) in [6.45, 7) is 0. The van der Waals surface area contributed by atoms with Crippen LogP contribution in [0.5, 0.6) is 0 Å². The molecule has 0 fully saturated rings. The molecule has 2 aromatic heterocycles. The maximum atomic E-state index is 11.6. The zero-order valence-electron chi connectivity index (χ0n) is 7.07. The Bertz CT molecular complexity index is 435. The van der Waals surface area contributed by atoms with Gasteiger partial charge >= 0.3 is 0 Å². The summed E-state index contributed by atoms with van der Waals surface area (Å²) in [6.07, 6.45) is 0.444. The summed E-state index contributed by atoms with van der Waals surface area (Å²) in [6, 6.07) is 3.91. The first-order chi connectivity index (χ1) is 6.75. The standard InChI is InChI=1S/C9H6BrNOS2/c10-9-2-1-6(14-9)3-8(12)7-4-13-5-11-7/h1-2,4-5H,3H2. The number of nitrogens with zero attached hydrogens (tertiary/aromatic N) is 1. The molecule has 0 aliphatic rings. The Hall–Kier alpha value is -0.520. The molecule has 0 unspecified atom stereocenters. The van der Waals surface area contributed by atoms with Gasteiger partial charge in [-0.05, 0) is 28.1 Å². The summed E-state index contributed by atoms with van der Waals surface area (Å²) in [7, 11) is 0. The molecule has 2 nitrogen and oxygen atoms in total. The van der Waals surface area contributed by atoms with Crippen molar-refractivity contribution >= 4 is 44.4 Å². The van der Waals surface area contributed by atoms with Gasteiger partial charge in [-0.15, -0.1) is 22.7 Å². The van der Waals surface area contributed by atoms with Gasteiger partial charge in [0.05, 0.1) is 9.30 Å². The number of rotatable bonds is 3. The van der Waals surface area contributed by atoms with Crippen LogP contribution in [0.25, 0.3) is 0 Å². The van der Waals surface area contributed by atoms with Crippen molar-refractivity contribution in [1.29, 1.82) is 0 Å². The highest BCUT2D eigenvalue weighted by atomic mass is 79.9. The number of carbonyl (C=O) groups is 1. The number of hydrogen-bond donors (Lipinski definition) is 0. The summed E-state index contributed by atoms with van der Waals surface area (Å²) in [5.41, 5.74) is 2.25. The lowest BCUT2D eigenvalue weighted by Crippen LogP contribution is -2.01. The van der Waals surface area contributed by atoms with Gasteiger partial charge in [-0.3, -0.25) is 4.79 Å². The number of carbonyl (C=O) groups excluding carboxylic acids is 1. The first-order valence-electron chi connectivity index (χ1n) is 3.91. The molecular formula is C9H6BrNOS2. The third kappa shape index (κ3) is 2.29. The normalized spacial score (nSPS) is 10.4. The lowest BCUT2D eigenvalue weighted by molar-refractivity contribution is 0.0990. The van der Waals surface area contributed by atoms with Gasteiger partial charge < -0.3 is 0 Å². The summed E-state index contributed by atoms with van der Waals surface area (Å²) >= 11 is 6.40. The molecule has 72 valence electrons. The third-order valence-corrected chi connectivity index (χ3v) is 3.89. The van der Waals surface area contributed by atoms with E-state index >= 15 is 0 Å². The fraction of sp³-hybridized carbons (Fsp3) is 0.111. The predicted octanol–water partition coefficient (Wildman–Crippen LogP) is 3.39. The van der Waals surface area contributed by atoms with Gasteiger partial charge in [-0.2, -0.15) is 0 Å². The molecule has 0 N–H and O–H groups in total. The fourth-order valence-electron chi connectivity index (χ4n) is 1.05. The summed E-state index contributed by atoms with van der Waals surface area (Å²) in [4.78, 5) is 16.7. The molecule has 0 saturated heterocycles. The highest BCUT2D eigenvalue weighted by Crippen LogP contribution is 2.23. The van der Waals surface area contributed by atoms with Gasteiger partial charge in [0.15, 0.2) is 5.78 Å². The van der Waals surface area contributed by atoms with Crippen molar-refractivity contribution < 1.29 is 4.79 Å². The Morgan fingerprint density at radius 2 is 2.36 bits per heavy atom. The van der Waals surface area contributed by atoms with Gasteiger partial charge in [0.2, 0.25) is 0 Å². The zero-order valence-corrected chi connectivity index (χ0v) is 10.3. The Labute approximate surface area is 97.7 Å². The van der Waals surface area contributed by atoms with Crippen LogP contribution in [0.1, 0.15) is 15.4 Å². The van der Waals surface area contributed by atoms with Crippen molar-refractivity contribution in [2.24, 2.45) is 0 Å². The maximum absolute atomic E-state index is 11.6. The number of aromatic nitrogens is 1. The number of ketones is 1. The van der Waals surface area contributed by atoms with Crippen LogP contribution in [-0.4, -0.2) is 10.8 Å².